The molecule has 0 saturated carbocycles. The molecule has 18 heavy (non-hydrogen) atoms. The van der Waals surface area contributed by atoms with Crippen molar-refractivity contribution >= 4 is 56.2 Å². The first-order valence-corrected chi connectivity index (χ1v) is 6.49. The Bertz CT molecular complexity index is 582. The van der Waals surface area contributed by atoms with E-state index in [-0.39, 0.29) is 10.0 Å². The lowest BCUT2D eigenvalue weighted by atomic mass is 10.2. The SMILES string of the molecule is Nc1ccc(Nc2c(Cl)cc(F)cc2Cl)c(Br)c1. The predicted molar refractivity (Wildman–Crippen MR) is 78.3 cm³/mol. The van der Waals surface area contributed by atoms with Crippen LogP contribution in [-0.2, 0) is 0 Å². The zero-order valence-corrected chi connectivity index (χ0v) is 12.1. The maximum atomic E-state index is 13.1. The molecule has 0 heterocycles. The van der Waals surface area contributed by atoms with E-state index in [2.05, 4.69) is 21.2 Å². The summed E-state index contributed by atoms with van der Waals surface area (Å²) < 4.78 is 13.8. The average molecular weight is 350 g/mol. The van der Waals surface area contributed by atoms with Crippen LogP contribution >= 0.6 is 39.1 Å². The van der Waals surface area contributed by atoms with Crippen LogP contribution in [0, 0.1) is 5.82 Å². The van der Waals surface area contributed by atoms with Crippen molar-refractivity contribution in [2.24, 2.45) is 0 Å². The summed E-state index contributed by atoms with van der Waals surface area (Å²) >= 11 is 15.2. The number of halogens is 4. The van der Waals surface area contributed by atoms with Gasteiger partial charge in [0.1, 0.15) is 5.82 Å². The Morgan fingerprint density at radius 2 is 1.72 bits per heavy atom. The summed E-state index contributed by atoms with van der Waals surface area (Å²) in [6, 6.07) is 7.64. The van der Waals surface area contributed by atoms with E-state index < -0.39 is 5.82 Å². The fourth-order valence-electron chi connectivity index (χ4n) is 1.43. The number of hydrogen-bond acceptors (Lipinski definition) is 2. The van der Waals surface area contributed by atoms with Crippen molar-refractivity contribution in [3.05, 3.63) is 50.7 Å². The van der Waals surface area contributed by atoms with Crippen molar-refractivity contribution in [1.82, 2.24) is 0 Å². The van der Waals surface area contributed by atoms with Gasteiger partial charge in [-0.2, -0.15) is 0 Å². The van der Waals surface area contributed by atoms with Gasteiger partial charge >= 0.3 is 0 Å². The number of nitrogens with two attached hydrogens (primary N) is 1. The third-order valence-corrected chi connectivity index (χ3v) is 3.51. The molecule has 0 atom stereocenters. The van der Waals surface area contributed by atoms with E-state index in [1.54, 1.807) is 18.2 Å². The lowest BCUT2D eigenvalue weighted by Crippen LogP contribution is -1.95. The number of rotatable bonds is 2. The zero-order chi connectivity index (χ0) is 13.3. The fraction of sp³-hybridized carbons (Fsp3) is 0. The topological polar surface area (TPSA) is 38.0 Å². The monoisotopic (exact) mass is 348 g/mol. The first-order chi connectivity index (χ1) is 8.47. The summed E-state index contributed by atoms with van der Waals surface area (Å²) in [5.74, 6) is -0.480. The van der Waals surface area contributed by atoms with Gasteiger partial charge in [-0.15, -0.1) is 0 Å². The lowest BCUT2D eigenvalue weighted by molar-refractivity contribution is 0.628. The molecule has 0 bridgehead atoms. The molecule has 0 fully saturated rings. The summed E-state index contributed by atoms with van der Waals surface area (Å²) in [5.41, 5.74) is 7.45. The number of hydrogen-bond donors (Lipinski definition) is 2. The molecule has 6 heteroatoms. The molecule has 0 aliphatic heterocycles. The second kappa shape index (κ2) is 5.34. The molecule has 94 valence electrons. The molecule has 2 rings (SSSR count). The number of benzene rings is 2. The number of anilines is 3. The van der Waals surface area contributed by atoms with Crippen molar-refractivity contribution in [2.75, 3.05) is 11.1 Å². The highest BCUT2D eigenvalue weighted by Gasteiger charge is 2.10. The minimum Gasteiger partial charge on any atom is -0.399 e. The van der Waals surface area contributed by atoms with Crippen molar-refractivity contribution in [2.45, 2.75) is 0 Å². The van der Waals surface area contributed by atoms with Crippen LogP contribution in [0.2, 0.25) is 10.0 Å². The molecule has 0 aromatic heterocycles. The van der Waals surface area contributed by atoms with Crippen LogP contribution in [0.5, 0.6) is 0 Å². The molecule has 0 aliphatic carbocycles. The highest BCUT2D eigenvalue weighted by Crippen LogP contribution is 2.36. The van der Waals surface area contributed by atoms with Crippen LogP contribution < -0.4 is 11.1 Å². The van der Waals surface area contributed by atoms with E-state index >= 15 is 0 Å². The second-order valence-corrected chi connectivity index (χ2v) is 5.28. The van der Waals surface area contributed by atoms with E-state index in [0.29, 0.717) is 11.4 Å². The fourth-order valence-corrected chi connectivity index (χ4v) is 2.48. The average Bonchev–Trinajstić information content (AvgIpc) is 2.25. The third kappa shape index (κ3) is 2.88. The molecule has 0 spiro atoms. The number of nitrogens with one attached hydrogen (secondary N) is 1. The van der Waals surface area contributed by atoms with Crippen LogP contribution in [0.3, 0.4) is 0 Å². The van der Waals surface area contributed by atoms with E-state index in [4.69, 9.17) is 28.9 Å². The summed E-state index contributed by atoms with van der Waals surface area (Å²) in [6.07, 6.45) is 0. The zero-order valence-electron chi connectivity index (χ0n) is 8.98. The first-order valence-electron chi connectivity index (χ1n) is 4.94. The van der Waals surface area contributed by atoms with Crippen LogP contribution in [-0.4, -0.2) is 0 Å². The first kappa shape index (κ1) is 13.5. The number of nitrogen functional groups attached to an aromatic ring is 1. The second-order valence-electron chi connectivity index (χ2n) is 3.61. The normalized spacial score (nSPS) is 10.4. The molecule has 0 saturated heterocycles. The molecule has 2 nitrogen and oxygen atoms in total. The standard InChI is InChI=1S/C12H8BrCl2FN2/c13-8-5-7(17)1-2-11(8)18-12-9(14)3-6(16)4-10(12)15/h1-5,18H,17H2. The molecule has 2 aromatic carbocycles. The largest absolute Gasteiger partial charge is 0.399 e. The van der Waals surface area contributed by atoms with Crippen LogP contribution in [0.4, 0.5) is 21.5 Å². The molecule has 0 radical (unpaired) electrons. The summed E-state index contributed by atoms with van der Waals surface area (Å²) in [6.45, 7) is 0. The van der Waals surface area contributed by atoms with Crippen molar-refractivity contribution < 1.29 is 4.39 Å². The molecular weight excluding hydrogens is 342 g/mol. The lowest BCUT2D eigenvalue weighted by Gasteiger charge is -2.12. The van der Waals surface area contributed by atoms with Gasteiger partial charge in [0.05, 0.1) is 21.4 Å². The molecule has 0 amide bonds. The Labute approximate surface area is 122 Å². The predicted octanol–water partition coefficient (Wildman–Crippen LogP) is 5.22. The third-order valence-electron chi connectivity index (χ3n) is 2.26. The minimum atomic E-state index is -0.480. The minimum absolute atomic E-state index is 0.212. The van der Waals surface area contributed by atoms with Gasteiger partial charge in [-0.25, -0.2) is 4.39 Å². The summed E-state index contributed by atoms with van der Waals surface area (Å²) in [5, 5.41) is 3.45. The summed E-state index contributed by atoms with van der Waals surface area (Å²) in [4.78, 5) is 0. The molecule has 3 N–H and O–H groups in total. The van der Waals surface area contributed by atoms with Gasteiger partial charge in [-0.1, -0.05) is 23.2 Å². The molecular formula is C12H8BrCl2FN2. The van der Waals surface area contributed by atoms with Crippen LogP contribution in [0.25, 0.3) is 0 Å². The molecule has 0 unspecified atom stereocenters. The van der Waals surface area contributed by atoms with Crippen molar-refractivity contribution in [3.8, 4) is 0 Å². The van der Waals surface area contributed by atoms with Crippen molar-refractivity contribution in [3.63, 3.8) is 0 Å². The molecule has 0 aliphatic rings. The Morgan fingerprint density at radius 3 is 2.28 bits per heavy atom. The van der Waals surface area contributed by atoms with Gasteiger partial charge in [0.2, 0.25) is 0 Å². The van der Waals surface area contributed by atoms with Crippen LogP contribution in [0.15, 0.2) is 34.8 Å². The maximum Gasteiger partial charge on any atom is 0.126 e. The van der Waals surface area contributed by atoms with Gasteiger partial charge in [0.15, 0.2) is 0 Å². The van der Waals surface area contributed by atoms with Gasteiger partial charge in [-0.05, 0) is 46.3 Å². The Hall–Kier alpha value is -0.970. The van der Waals surface area contributed by atoms with Gasteiger partial charge in [0, 0.05) is 10.2 Å². The summed E-state index contributed by atoms with van der Waals surface area (Å²) in [7, 11) is 0. The van der Waals surface area contributed by atoms with Gasteiger partial charge < -0.3 is 11.1 Å². The Balaban J connectivity index is 2.40. The highest BCUT2D eigenvalue weighted by molar-refractivity contribution is 9.10. The Morgan fingerprint density at radius 1 is 1.11 bits per heavy atom. The smallest absolute Gasteiger partial charge is 0.126 e. The molecule has 2 aromatic rings. The van der Waals surface area contributed by atoms with E-state index in [1.165, 1.54) is 12.1 Å². The van der Waals surface area contributed by atoms with E-state index in [1.807, 2.05) is 0 Å². The highest BCUT2D eigenvalue weighted by atomic mass is 79.9. The van der Waals surface area contributed by atoms with Gasteiger partial charge in [0.25, 0.3) is 0 Å². The Kier molecular flexibility index (Phi) is 4.00. The van der Waals surface area contributed by atoms with Crippen LogP contribution in [0.1, 0.15) is 0 Å². The maximum absolute atomic E-state index is 13.1. The quantitative estimate of drug-likeness (QED) is 0.729. The van der Waals surface area contributed by atoms with E-state index in [9.17, 15) is 4.39 Å². The van der Waals surface area contributed by atoms with Crippen molar-refractivity contribution in [1.29, 1.82) is 0 Å². The van der Waals surface area contributed by atoms with Gasteiger partial charge in [-0.3, -0.25) is 0 Å². The van der Waals surface area contributed by atoms with E-state index in [0.717, 1.165) is 10.2 Å².